The zero-order valence-electron chi connectivity index (χ0n) is 46.7. The minimum absolute atomic E-state index is 0.00138. The molecule has 23 heteroatoms. The molecule has 10 nitrogen and oxygen atoms in total. The first-order chi connectivity index (χ1) is 38.7. The van der Waals surface area contributed by atoms with E-state index in [0.29, 0.717) is 61.0 Å². The topological polar surface area (TPSA) is 179 Å². The zero-order chi connectivity index (χ0) is 61.6. The minimum atomic E-state index is -5.95. The Kier molecular flexibility index (Phi) is 15.2. The zero-order valence-corrected chi connectivity index (χ0v) is 49.2. The molecule has 4 fully saturated rings. The van der Waals surface area contributed by atoms with Crippen LogP contribution in [0, 0.1) is 46.2 Å². The summed E-state index contributed by atoms with van der Waals surface area (Å²) in [7, 11) is -10.8. The van der Waals surface area contributed by atoms with E-state index in [1.807, 2.05) is 0 Å². The number of allylic oxidation sites excluding steroid dienone is 8. The number of fused-ring (bicyclic) bond motifs is 8. The van der Waals surface area contributed by atoms with Gasteiger partial charge in [-0.2, -0.15) is 52.3 Å². The Hall–Kier alpha value is -4.97. The summed E-state index contributed by atoms with van der Waals surface area (Å²) in [5, 5.41) is 22.7. The molecule has 12 atom stereocenters. The van der Waals surface area contributed by atoms with Crippen molar-refractivity contribution in [3.05, 3.63) is 135 Å². The van der Waals surface area contributed by atoms with Crippen LogP contribution in [-0.4, -0.2) is 86.5 Å². The molecule has 456 valence electrons. The van der Waals surface area contributed by atoms with E-state index in [-0.39, 0.29) is 65.3 Å². The molecule has 0 saturated heterocycles. The van der Waals surface area contributed by atoms with Gasteiger partial charge in [0.05, 0.1) is 24.4 Å². The van der Waals surface area contributed by atoms with Gasteiger partial charge in [-0.15, -0.1) is 3.77 Å². The highest BCUT2D eigenvalue weighted by Crippen LogP contribution is 2.72. The number of alkyl halides is 10. The van der Waals surface area contributed by atoms with Gasteiger partial charge in [0.15, 0.2) is 11.6 Å². The van der Waals surface area contributed by atoms with Crippen molar-refractivity contribution in [1.82, 2.24) is 0 Å². The number of rotatable bonds is 8. The standard InChI is InChI=1S/C34H36F5NO5S2.C27H30F5NO3S/c1-20-4-10-25(11-5-20)47(44,45)40-46(3,43)24-12-6-21(7-13-24)28-19-31(2)29(16-17-32(31,42)33(35,36)34(37,38)39)27-14-8-22-18-23(41)9-15-26(22)30(27)28;1-24-14-21(15-3-7-18(8-4-15)37(2,33)36)23-19-10-6-17(34)13-16(19)5-9-20(23)22(24)11-12-25(24,35)26(28,29)27(30,31)32/h4-7,10-13,18,27-29,42H,8-9,14-17,19H2,1-3H3;3-4,7-8,13,20-22,33,35H,5-6,9-12,14H2,1-2H3/t27?,28-,29?,31+,32+,46?;20?,21-,22?,24+,25+,37?/m11/s1. The molecule has 6 unspecified atom stereocenters. The first-order valence-corrected chi connectivity index (χ1v) is 33.3. The fraction of sp³-hybridized carbons (Fsp3) is 0.541. The summed E-state index contributed by atoms with van der Waals surface area (Å²) < 4.78 is 206. The number of hydrogen-bond acceptors (Lipinski definition) is 9. The van der Waals surface area contributed by atoms with Crippen LogP contribution in [0.4, 0.5) is 43.9 Å². The lowest BCUT2D eigenvalue weighted by atomic mass is 9.50. The van der Waals surface area contributed by atoms with E-state index in [4.69, 9.17) is 4.78 Å². The molecule has 84 heavy (non-hydrogen) atoms. The summed E-state index contributed by atoms with van der Waals surface area (Å²) in [4.78, 5) is 24.7. The van der Waals surface area contributed by atoms with Gasteiger partial charge in [-0.05, 0) is 190 Å². The minimum Gasteiger partial charge on any atom is -0.383 e. The second kappa shape index (κ2) is 20.6. The van der Waals surface area contributed by atoms with Crippen LogP contribution in [0.25, 0.3) is 0 Å². The summed E-state index contributed by atoms with van der Waals surface area (Å²) in [5.74, 6) is -13.8. The van der Waals surface area contributed by atoms with Crippen LogP contribution in [-0.2, 0) is 39.1 Å². The first-order valence-electron chi connectivity index (χ1n) is 28.0. The lowest BCUT2D eigenvalue weighted by Gasteiger charge is -2.56. The van der Waals surface area contributed by atoms with Crippen molar-refractivity contribution in [2.24, 2.45) is 38.3 Å². The van der Waals surface area contributed by atoms with Crippen LogP contribution in [0.5, 0.6) is 0 Å². The van der Waals surface area contributed by atoms with Crippen molar-refractivity contribution in [1.29, 1.82) is 4.78 Å². The van der Waals surface area contributed by atoms with E-state index in [9.17, 15) is 71.8 Å². The Labute approximate surface area is 482 Å². The van der Waals surface area contributed by atoms with E-state index in [1.165, 1.54) is 62.8 Å². The van der Waals surface area contributed by atoms with Crippen molar-refractivity contribution in [2.45, 2.75) is 173 Å². The van der Waals surface area contributed by atoms with E-state index in [1.54, 1.807) is 55.5 Å². The van der Waals surface area contributed by atoms with Gasteiger partial charge < -0.3 is 10.2 Å². The van der Waals surface area contributed by atoms with Gasteiger partial charge in [-0.1, -0.05) is 67.0 Å². The highest BCUT2D eigenvalue weighted by Gasteiger charge is 2.80. The predicted octanol–water partition coefficient (Wildman–Crippen LogP) is 14.2. The lowest BCUT2D eigenvalue weighted by Crippen LogP contribution is -2.65. The van der Waals surface area contributed by atoms with Gasteiger partial charge >= 0.3 is 24.2 Å². The molecule has 8 aliphatic rings. The monoisotopic (exact) mass is 1240 g/mol. The Bertz CT molecular complexity index is 3720. The second-order valence-corrected chi connectivity index (χ2v) is 31.3. The van der Waals surface area contributed by atoms with Crippen LogP contribution in [0.1, 0.15) is 132 Å². The number of nitrogens with one attached hydrogen (secondary N) is 1. The summed E-state index contributed by atoms with van der Waals surface area (Å²) in [6.45, 7) is 4.51. The molecule has 0 radical (unpaired) electrons. The number of sulfonamides is 1. The Morgan fingerprint density at radius 2 is 0.905 bits per heavy atom. The highest BCUT2D eigenvalue weighted by molar-refractivity contribution is 8.03. The number of carbonyl (C=O) groups excluding carboxylic acids is 2. The molecule has 3 aromatic carbocycles. The van der Waals surface area contributed by atoms with Crippen molar-refractivity contribution in [2.75, 3.05) is 12.5 Å². The maximum absolute atomic E-state index is 15.2. The Morgan fingerprint density at radius 3 is 1.27 bits per heavy atom. The first kappa shape index (κ1) is 62.1. The molecule has 0 bridgehead atoms. The average molecular weight is 1240 g/mol. The fourth-order valence-corrected chi connectivity index (χ4v) is 20.3. The predicted molar refractivity (Wildman–Crippen MR) is 293 cm³/mol. The molecule has 0 aromatic heterocycles. The molecule has 0 spiro atoms. The molecule has 0 heterocycles. The number of benzene rings is 3. The number of carbonyl (C=O) groups is 2. The summed E-state index contributed by atoms with van der Waals surface area (Å²) in [6, 6.07) is 18.4. The van der Waals surface area contributed by atoms with E-state index in [0.717, 1.165) is 39.0 Å². The van der Waals surface area contributed by atoms with Crippen molar-refractivity contribution in [3.63, 3.8) is 0 Å². The van der Waals surface area contributed by atoms with Gasteiger partial charge in [-0.25, -0.2) is 13.2 Å². The van der Waals surface area contributed by atoms with Crippen LogP contribution in [0.2, 0.25) is 0 Å². The van der Waals surface area contributed by atoms with Gasteiger partial charge in [0.2, 0.25) is 0 Å². The summed E-state index contributed by atoms with van der Waals surface area (Å²) >= 11 is 0. The van der Waals surface area contributed by atoms with Crippen LogP contribution in [0.15, 0.2) is 137 Å². The summed E-state index contributed by atoms with van der Waals surface area (Å²) in [5.41, 5.74) is -2.55. The number of aryl methyl sites for hydroxylation is 1. The van der Waals surface area contributed by atoms with Crippen molar-refractivity contribution >= 4 is 41.0 Å². The quantitative estimate of drug-likeness (QED) is 0.186. The Morgan fingerprint density at radius 1 is 0.536 bits per heavy atom. The van der Waals surface area contributed by atoms with Crippen LogP contribution in [0.3, 0.4) is 0 Å². The van der Waals surface area contributed by atoms with Crippen LogP contribution >= 0.6 is 0 Å². The van der Waals surface area contributed by atoms with E-state index < -0.39 is 112 Å². The number of nitrogens with zero attached hydrogens (tertiary/aromatic N) is 1. The molecular formula is C61H66F10N2O8S3. The molecule has 3 N–H and O–H groups in total. The van der Waals surface area contributed by atoms with Crippen molar-refractivity contribution < 1.29 is 80.5 Å². The molecular weight excluding hydrogens is 1170 g/mol. The maximum Gasteiger partial charge on any atom is 0.456 e. The van der Waals surface area contributed by atoms with Crippen LogP contribution < -0.4 is 0 Å². The number of ketones is 2. The number of hydrogen-bond donors (Lipinski definition) is 3. The second-order valence-electron chi connectivity index (χ2n) is 25.1. The average Bonchev–Trinajstić information content (AvgIpc) is 1.44. The van der Waals surface area contributed by atoms with Gasteiger partial charge in [0.25, 0.3) is 10.0 Å². The van der Waals surface area contributed by atoms with Crippen molar-refractivity contribution in [3.8, 4) is 0 Å². The SMILES string of the molecule is C[C@]12C[C@H](c3ccc(S(C)(=N)=O)cc3)C3=C4CCC(=O)C=C4CCC3C1CC[C@@]2(O)C(F)(F)C(F)(F)F.Cc1ccc(S(=O)(=O)N=S(C)(=O)c2ccc([C@H]3C[C@@]4(C)C(CC[C@@]4(O)C(F)(F)C(F)(F)F)C4CCC5=CC(=O)CCC5=C43)cc2)cc1. The van der Waals surface area contributed by atoms with E-state index in [2.05, 4.69) is 3.77 Å². The Balaban J connectivity index is 0.000000193. The fourth-order valence-electron chi connectivity index (χ4n) is 16.3. The third-order valence-corrected chi connectivity index (χ3v) is 25.6. The number of aliphatic hydroxyl groups is 2. The smallest absolute Gasteiger partial charge is 0.383 e. The molecule has 0 aliphatic heterocycles. The lowest BCUT2D eigenvalue weighted by molar-refractivity contribution is -0.362. The largest absolute Gasteiger partial charge is 0.456 e. The molecule has 4 saturated carbocycles. The molecule has 3 aromatic rings. The maximum atomic E-state index is 15.2. The number of halogens is 10. The third-order valence-electron chi connectivity index (χ3n) is 20.5. The van der Waals surface area contributed by atoms with Gasteiger partial charge in [-0.3, -0.25) is 9.59 Å². The molecule has 8 aliphatic carbocycles. The van der Waals surface area contributed by atoms with Gasteiger partial charge in [0.1, 0.15) is 11.2 Å². The summed E-state index contributed by atoms with van der Waals surface area (Å²) in [6.07, 6.45) is -4.30. The third kappa shape index (κ3) is 9.81. The van der Waals surface area contributed by atoms with E-state index >= 15 is 8.78 Å². The van der Waals surface area contributed by atoms with Gasteiger partial charge in [0, 0.05) is 57.8 Å². The molecule has 11 rings (SSSR count). The molecule has 0 amide bonds. The highest BCUT2D eigenvalue weighted by atomic mass is 32.3. The normalized spacial score (nSPS) is 33.1.